The zero-order chi connectivity index (χ0) is 18.5. The summed E-state index contributed by atoms with van der Waals surface area (Å²) in [5.74, 6) is -2.59. The van der Waals surface area contributed by atoms with Crippen molar-refractivity contribution in [1.29, 1.82) is 0 Å². The Hall–Kier alpha value is -0.770. The van der Waals surface area contributed by atoms with Crippen LogP contribution >= 0.6 is 0 Å². The summed E-state index contributed by atoms with van der Waals surface area (Å²) in [6, 6.07) is 0. The molecule has 0 aliphatic rings. The summed E-state index contributed by atoms with van der Waals surface area (Å²) >= 11 is 0. The predicted molar refractivity (Wildman–Crippen MR) is 86.0 cm³/mol. The number of unbranched alkanes of at least 4 members (excludes halogenated alkanes) is 5. The maximum Gasteiger partial charge on any atom is 0.314 e. The van der Waals surface area contributed by atoms with Crippen LogP contribution in [0.2, 0.25) is 0 Å². The van der Waals surface area contributed by atoms with Crippen LogP contribution in [0.3, 0.4) is 0 Å². The first-order valence-electron chi connectivity index (χ1n) is 8.51. The van der Waals surface area contributed by atoms with Gasteiger partial charge in [-0.15, -0.1) is 0 Å². The Kier molecular flexibility index (Phi) is 13.1. The van der Waals surface area contributed by atoms with E-state index in [0.29, 0.717) is 6.42 Å². The molecule has 24 heavy (non-hydrogen) atoms. The molecule has 0 aliphatic carbocycles. The molecule has 0 amide bonds. The van der Waals surface area contributed by atoms with Gasteiger partial charge in [-0.1, -0.05) is 39.0 Å². The zero-order valence-corrected chi connectivity index (χ0v) is 14.3. The molecule has 0 heterocycles. The normalized spacial score (nSPS) is 17.8. The number of aliphatic hydroxyl groups excluding tert-OH is 6. The SMILES string of the molecule is CCCCCCCCOC(=O)C([C@@H](O)C(O)[C@@H](O)CO)[C@@H](O)CO. The minimum absolute atomic E-state index is 0.102. The van der Waals surface area contributed by atoms with Crippen LogP contribution in [0.25, 0.3) is 0 Å². The Balaban J connectivity index is 4.46. The lowest BCUT2D eigenvalue weighted by molar-refractivity contribution is -0.170. The Morgan fingerprint density at radius 3 is 1.92 bits per heavy atom. The topological polar surface area (TPSA) is 148 Å². The maximum atomic E-state index is 12.0. The van der Waals surface area contributed by atoms with Gasteiger partial charge in [0.05, 0.1) is 32.0 Å². The summed E-state index contributed by atoms with van der Waals surface area (Å²) in [5.41, 5.74) is 0. The fraction of sp³-hybridized carbons (Fsp3) is 0.938. The van der Waals surface area contributed by atoms with Crippen molar-refractivity contribution in [1.82, 2.24) is 0 Å². The molecule has 0 aromatic rings. The van der Waals surface area contributed by atoms with Gasteiger partial charge in [0, 0.05) is 0 Å². The van der Waals surface area contributed by atoms with E-state index in [0.717, 1.165) is 32.1 Å². The van der Waals surface area contributed by atoms with Crippen molar-refractivity contribution in [3.05, 3.63) is 0 Å². The van der Waals surface area contributed by atoms with E-state index in [-0.39, 0.29) is 6.61 Å². The third-order valence-electron chi connectivity index (χ3n) is 3.92. The minimum atomic E-state index is -1.88. The molecule has 2 unspecified atom stereocenters. The first-order chi connectivity index (χ1) is 11.4. The molecule has 0 rings (SSSR count). The number of hydrogen-bond donors (Lipinski definition) is 6. The molecule has 0 aliphatic heterocycles. The average Bonchev–Trinajstić information content (AvgIpc) is 2.59. The van der Waals surface area contributed by atoms with Crippen LogP contribution < -0.4 is 0 Å². The van der Waals surface area contributed by atoms with E-state index in [9.17, 15) is 25.2 Å². The summed E-state index contributed by atoms with van der Waals surface area (Å²) < 4.78 is 4.99. The van der Waals surface area contributed by atoms with Gasteiger partial charge >= 0.3 is 5.97 Å². The summed E-state index contributed by atoms with van der Waals surface area (Å²) in [6.45, 7) is 0.565. The largest absolute Gasteiger partial charge is 0.465 e. The van der Waals surface area contributed by atoms with Crippen LogP contribution in [-0.4, -0.2) is 80.8 Å². The van der Waals surface area contributed by atoms with Crippen LogP contribution in [0, 0.1) is 5.92 Å². The van der Waals surface area contributed by atoms with Crippen LogP contribution in [0.4, 0.5) is 0 Å². The molecule has 0 saturated heterocycles. The van der Waals surface area contributed by atoms with Gasteiger partial charge in [0.1, 0.15) is 18.1 Å². The molecule has 0 saturated carbocycles. The van der Waals surface area contributed by atoms with Crippen LogP contribution in [-0.2, 0) is 9.53 Å². The number of carbonyl (C=O) groups is 1. The molecule has 0 bridgehead atoms. The van der Waals surface area contributed by atoms with E-state index >= 15 is 0 Å². The Morgan fingerprint density at radius 2 is 1.38 bits per heavy atom. The molecule has 0 radical (unpaired) electrons. The first-order valence-corrected chi connectivity index (χ1v) is 8.51. The molecule has 0 fully saturated rings. The number of carbonyl (C=O) groups excluding carboxylic acids is 1. The Bertz CT molecular complexity index is 325. The fourth-order valence-corrected chi connectivity index (χ4v) is 2.34. The minimum Gasteiger partial charge on any atom is -0.465 e. The first kappa shape index (κ1) is 23.2. The lowest BCUT2D eigenvalue weighted by atomic mass is 9.90. The van der Waals surface area contributed by atoms with Crippen LogP contribution in [0.15, 0.2) is 0 Å². The highest BCUT2D eigenvalue weighted by molar-refractivity contribution is 5.74. The van der Waals surface area contributed by atoms with Gasteiger partial charge in [0.25, 0.3) is 0 Å². The second kappa shape index (κ2) is 13.5. The molecule has 8 nitrogen and oxygen atoms in total. The zero-order valence-electron chi connectivity index (χ0n) is 14.3. The van der Waals surface area contributed by atoms with Crippen LogP contribution in [0.1, 0.15) is 45.4 Å². The van der Waals surface area contributed by atoms with Gasteiger partial charge in [-0.2, -0.15) is 0 Å². The fourth-order valence-electron chi connectivity index (χ4n) is 2.34. The van der Waals surface area contributed by atoms with E-state index in [4.69, 9.17) is 14.9 Å². The van der Waals surface area contributed by atoms with Crippen molar-refractivity contribution in [3.63, 3.8) is 0 Å². The molecule has 0 spiro atoms. The summed E-state index contributed by atoms with van der Waals surface area (Å²) in [6.07, 6.45) is -1.13. The highest BCUT2D eigenvalue weighted by Gasteiger charge is 2.40. The number of aliphatic hydroxyl groups is 6. The van der Waals surface area contributed by atoms with Crippen molar-refractivity contribution < 1.29 is 40.2 Å². The lowest BCUT2D eigenvalue weighted by Crippen LogP contribution is -2.51. The molecule has 0 aromatic heterocycles. The average molecular weight is 352 g/mol. The number of hydrogen-bond acceptors (Lipinski definition) is 8. The second-order valence-electron chi connectivity index (χ2n) is 5.94. The van der Waals surface area contributed by atoms with Crippen molar-refractivity contribution in [3.8, 4) is 0 Å². The monoisotopic (exact) mass is 352 g/mol. The van der Waals surface area contributed by atoms with E-state index in [2.05, 4.69) is 6.92 Å². The predicted octanol–water partition coefficient (Wildman–Crippen LogP) is -1.07. The van der Waals surface area contributed by atoms with Crippen molar-refractivity contribution >= 4 is 5.97 Å². The number of rotatable bonds is 14. The highest BCUT2D eigenvalue weighted by Crippen LogP contribution is 2.18. The molecular weight excluding hydrogens is 320 g/mol. The van der Waals surface area contributed by atoms with Gasteiger partial charge in [-0.3, -0.25) is 4.79 Å². The number of ether oxygens (including phenoxy) is 1. The smallest absolute Gasteiger partial charge is 0.314 e. The van der Waals surface area contributed by atoms with E-state index in [1.165, 1.54) is 0 Å². The summed E-state index contributed by atoms with van der Waals surface area (Å²) in [7, 11) is 0. The quantitative estimate of drug-likeness (QED) is 0.171. The lowest BCUT2D eigenvalue weighted by Gasteiger charge is -2.29. The molecule has 6 N–H and O–H groups in total. The molecule has 5 atom stereocenters. The van der Waals surface area contributed by atoms with Crippen molar-refractivity contribution in [2.45, 2.75) is 69.9 Å². The van der Waals surface area contributed by atoms with Gasteiger partial charge in [0.2, 0.25) is 0 Å². The molecular formula is C16H32O8. The highest BCUT2D eigenvalue weighted by atomic mass is 16.5. The molecule has 144 valence electrons. The third kappa shape index (κ3) is 8.36. The number of esters is 1. The van der Waals surface area contributed by atoms with Gasteiger partial charge < -0.3 is 35.4 Å². The standard InChI is InChI=1S/C16H32O8/c1-2-3-4-5-6-7-8-24-16(23)13(11(19)9-17)15(22)14(21)12(20)10-18/h11-15,17-22H,2-10H2,1H3/t11-,12-,13?,14?,15+/m0/s1. The van der Waals surface area contributed by atoms with E-state index in [1.54, 1.807) is 0 Å². The third-order valence-corrected chi connectivity index (χ3v) is 3.92. The van der Waals surface area contributed by atoms with Gasteiger partial charge in [0.15, 0.2) is 0 Å². The maximum absolute atomic E-state index is 12.0. The Labute approximate surface area is 142 Å². The molecule has 8 heteroatoms. The summed E-state index contributed by atoms with van der Waals surface area (Å²) in [5, 5.41) is 56.5. The van der Waals surface area contributed by atoms with Crippen molar-refractivity contribution in [2.24, 2.45) is 5.92 Å². The van der Waals surface area contributed by atoms with Gasteiger partial charge in [-0.05, 0) is 6.42 Å². The van der Waals surface area contributed by atoms with Crippen molar-refractivity contribution in [2.75, 3.05) is 19.8 Å². The molecule has 0 aromatic carbocycles. The summed E-state index contributed by atoms with van der Waals surface area (Å²) in [4.78, 5) is 12.0. The van der Waals surface area contributed by atoms with Gasteiger partial charge in [-0.25, -0.2) is 0 Å². The van der Waals surface area contributed by atoms with E-state index < -0.39 is 49.5 Å². The van der Waals surface area contributed by atoms with Crippen LogP contribution in [0.5, 0.6) is 0 Å². The second-order valence-corrected chi connectivity index (χ2v) is 5.94. The Morgan fingerprint density at radius 1 is 0.833 bits per heavy atom. The van der Waals surface area contributed by atoms with E-state index in [1.807, 2.05) is 0 Å².